The maximum Gasteiger partial charge on any atom is 0.346 e. The molecule has 1 aromatic heterocycles. The summed E-state index contributed by atoms with van der Waals surface area (Å²) in [7, 11) is 1.61. The molecular weight excluding hydrogens is 375 g/mol. The molecule has 1 amide bonds. The average molecular weight is 396 g/mol. The van der Waals surface area contributed by atoms with Crippen LogP contribution in [0.25, 0.3) is 0 Å². The first kappa shape index (κ1) is 18.9. The van der Waals surface area contributed by atoms with E-state index >= 15 is 0 Å². The van der Waals surface area contributed by atoms with Gasteiger partial charge in [-0.3, -0.25) is 9.36 Å². The van der Waals surface area contributed by atoms with E-state index in [9.17, 15) is 14.0 Å². The summed E-state index contributed by atoms with van der Waals surface area (Å²) < 4.78 is 21.3. The third-order valence-corrected chi connectivity index (χ3v) is 5.03. The van der Waals surface area contributed by atoms with Gasteiger partial charge in [0.15, 0.2) is 0 Å². The summed E-state index contributed by atoms with van der Waals surface area (Å²) in [5.41, 5.74) is 1.46. The highest BCUT2D eigenvalue weighted by Crippen LogP contribution is 2.15. The standard InChI is InChI=1S/C21H21FN4O3/c1-29-18-7-5-15(6-8-18)9-10-26-21(28)25-12-11-24(20(27)19(25)23-26)14-16-3-2-4-17(22)13-16/h2-8,13H,9-12,14H2,1H3. The van der Waals surface area contributed by atoms with Crippen molar-refractivity contribution in [1.29, 1.82) is 0 Å². The van der Waals surface area contributed by atoms with Crippen molar-refractivity contribution in [2.24, 2.45) is 0 Å². The molecule has 0 saturated heterocycles. The number of benzene rings is 2. The van der Waals surface area contributed by atoms with Gasteiger partial charge in [0.05, 0.1) is 13.7 Å². The summed E-state index contributed by atoms with van der Waals surface area (Å²) in [4.78, 5) is 27.0. The molecule has 0 spiro atoms. The highest BCUT2D eigenvalue weighted by Gasteiger charge is 2.29. The molecule has 8 heteroatoms. The van der Waals surface area contributed by atoms with Crippen molar-refractivity contribution in [3.8, 4) is 5.75 Å². The number of amides is 1. The number of rotatable bonds is 6. The lowest BCUT2D eigenvalue weighted by Crippen LogP contribution is -2.42. The third kappa shape index (κ3) is 3.91. The Morgan fingerprint density at radius 2 is 1.86 bits per heavy atom. The summed E-state index contributed by atoms with van der Waals surface area (Å²) in [5, 5.41) is 4.27. The number of aromatic nitrogens is 3. The normalized spacial score (nSPS) is 13.4. The monoisotopic (exact) mass is 396 g/mol. The maximum atomic E-state index is 13.4. The lowest BCUT2D eigenvalue weighted by atomic mass is 10.1. The van der Waals surface area contributed by atoms with Crippen molar-refractivity contribution >= 4 is 5.91 Å². The molecule has 0 unspecified atom stereocenters. The number of hydrogen-bond acceptors (Lipinski definition) is 4. The molecule has 29 heavy (non-hydrogen) atoms. The van der Waals surface area contributed by atoms with Crippen molar-refractivity contribution in [1.82, 2.24) is 19.2 Å². The maximum absolute atomic E-state index is 13.4. The van der Waals surface area contributed by atoms with Crippen molar-refractivity contribution in [3.05, 3.63) is 81.8 Å². The van der Waals surface area contributed by atoms with Crippen LogP contribution in [0.3, 0.4) is 0 Å². The Morgan fingerprint density at radius 1 is 1.07 bits per heavy atom. The van der Waals surface area contributed by atoms with E-state index < -0.39 is 0 Å². The molecule has 0 aliphatic carbocycles. The summed E-state index contributed by atoms with van der Waals surface area (Å²) in [6.07, 6.45) is 0.613. The Hall–Kier alpha value is -3.42. The summed E-state index contributed by atoms with van der Waals surface area (Å²) in [6.45, 7) is 1.41. The van der Waals surface area contributed by atoms with E-state index in [2.05, 4.69) is 5.10 Å². The van der Waals surface area contributed by atoms with Crippen molar-refractivity contribution in [2.75, 3.05) is 13.7 Å². The highest BCUT2D eigenvalue weighted by atomic mass is 19.1. The van der Waals surface area contributed by atoms with Gasteiger partial charge in [-0.15, -0.1) is 5.10 Å². The molecule has 2 heterocycles. The summed E-state index contributed by atoms with van der Waals surface area (Å²) in [5.74, 6) is 0.243. The van der Waals surface area contributed by atoms with E-state index in [4.69, 9.17) is 4.74 Å². The SMILES string of the molecule is COc1ccc(CCn2nc3n(c2=O)CCN(Cc2cccc(F)c2)C3=O)cc1. The minimum absolute atomic E-state index is 0.132. The molecule has 0 atom stereocenters. The van der Waals surface area contributed by atoms with Crippen LogP contribution in [0.2, 0.25) is 0 Å². The lowest BCUT2D eigenvalue weighted by Gasteiger charge is -2.26. The Kier molecular flexibility index (Phi) is 5.16. The molecule has 7 nitrogen and oxygen atoms in total. The minimum atomic E-state index is -0.341. The first-order chi connectivity index (χ1) is 14.0. The molecule has 0 saturated carbocycles. The molecule has 0 radical (unpaired) electrons. The number of aryl methyl sites for hydroxylation is 2. The highest BCUT2D eigenvalue weighted by molar-refractivity contribution is 5.91. The van der Waals surface area contributed by atoms with Gasteiger partial charge in [0.25, 0.3) is 5.91 Å². The van der Waals surface area contributed by atoms with Crippen molar-refractivity contribution in [3.63, 3.8) is 0 Å². The first-order valence-electron chi connectivity index (χ1n) is 9.39. The molecule has 4 rings (SSSR count). The Labute approximate surface area is 166 Å². The quantitative estimate of drug-likeness (QED) is 0.640. The van der Waals surface area contributed by atoms with Gasteiger partial charge in [-0.25, -0.2) is 13.9 Å². The van der Waals surface area contributed by atoms with Crippen LogP contribution in [-0.4, -0.2) is 38.8 Å². The van der Waals surface area contributed by atoms with Crippen LogP contribution in [-0.2, 0) is 26.1 Å². The second-order valence-corrected chi connectivity index (χ2v) is 6.94. The molecular formula is C21H21FN4O3. The first-order valence-corrected chi connectivity index (χ1v) is 9.39. The number of carbonyl (C=O) groups excluding carboxylic acids is 1. The van der Waals surface area contributed by atoms with Gasteiger partial charge in [-0.05, 0) is 41.8 Å². The smallest absolute Gasteiger partial charge is 0.346 e. The van der Waals surface area contributed by atoms with E-state index in [0.29, 0.717) is 31.6 Å². The lowest BCUT2D eigenvalue weighted by molar-refractivity contribution is 0.0681. The van der Waals surface area contributed by atoms with Gasteiger partial charge in [-0.1, -0.05) is 24.3 Å². The van der Waals surface area contributed by atoms with E-state index in [0.717, 1.165) is 11.3 Å². The van der Waals surface area contributed by atoms with Crippen LogP contribution in [0.15, 0.2) is 53.3 Å². The fraction of sp³-hybridized carbons (Fsp3) is 0.286. The summed E-state index contributed by atoms with van der Waals surface area (Å²) >= 11 is 0. The van der Waals surface area contributed by atoms with Crippen LogP contribution in [0.4, 0.5) is 4.39 Å². The number of fused-ring (bicyclic) bond motifs is 1. The van der Waals surface area contributed by atoms with E-state index in [1.54, 1.807) is 24.1 Å². The van der Waals surface area contributed by atoms with E-state index in [1.165, 1.54) is 21.4 Å². The average Bonchev–Trinajstić information content (AvgIpc) is 3.05. The van der Waals surface area contributed by atoms with Gasteiger partial charge in [-0.2, -0.15) is 0 Å². The zero-order valence-corrected chi connectivity index (χ0v) is 16.0. The second-order valence-electron chi connectivity index (χ2n) is 6.94. The van der Waals surface area contributed by atoms with Gasteiger partial charge >= 0.3 is 5.69 Å². The molecule has 0 fully saturated rings. The number of carbonyl (C=O) groups is 1. The number of nitrogens with zero attached hydrogens (tertiary/aromatic N) is 4. The Bertz CT molecular complexity index is 1090. The second kappa shape index (κ2) is 7.90. The van der Waals surface area contributed by atoms with Crippen LogP contribution >= 0.6 is 0 Å². The topological polar surface area (TPSA) is 69.4 Å². The number of methoxy groups -OCH3 is 1. The van der Waals surface area contributed by atoms with Crippen molar-refractivity contribution in [2.45, 2.75) is 26.1 Å². The van der Waals surface area contributed by atoms with E-state index in [1.807, 2.05) is 24.3 Å². The molecule has 0 N–H and O–H groups in total. The molecule has 150 valence electrons. The number of ether oxygens (including phenoxy) is 1. The van der Waals surface area contributed by atoms with Crippen LogP contribution < -0.4 is 10.4 Å². The predicted octanol–water partition coefficient (Wildman–Crippen LogP) is 2.09. The van der Waals surface area contributed by atoms with Crippen molar-refractivity contribution < 1.29 is 13.9 Å². The molecule has 0 bridgehead atoms. The van der Waals surface area contributed by atoms with Gasteiger partial charge in [0.1, 0.15) is 11.6 Å². The minimum Gasteiger partial charge on any atom is -0.497 e. The van der Waals surface area contributed by atoms with E-state index in [-0.39, 0.29) is 29.8 Å². The number of halogens is 1. The van der Waals surface area contributed by atoms with Gasteiger partial charge in [0.2, 0.25) is 5.82 Å². The Morgan fingerprint density at radius 3 is 2.59 bits per heavy atom. The van der Waals surface area contributed by atoms with Crippen LogP contribution in [0.5, 0.6) is 5.75 Å². The zero-order chi connectivity index (χ0) is 20.4. The van der Waals surface area contributed by atoms with Gasteiger partial charge in [0, 0.05) is 19.6 Å². The zero-order valence-electron chi connectivity index (χ0n) is 16.0. The largest absolute Gasteiger partial charge is 0.497 e. The molecule has 2 aromatic carbocycles. The molecule has 3 aromatic rings. The Balaban J connectivity index is 1.48. The number of hydrogen-bond donors (Lipinski definition) is 0. The summed E-state index contributed by atoms with van der Waals surface area (Å²) in [6, 6.07) is 13.8. The fourth-order valence-corrected chi connectivity index (χ4v) is 3.44. The molecule has 1 aliphatic rings. The van der Waals surface area contributed by atoms with Crippen LogP contribution in [0, 0.1) is 5.82 Å². The predicted molar refractivity (Wildman–Crippen MR) is 104 cm³/mol. The fourth-order valence-electron chi connectivity index (χ4n) is 3.44. The van der Waals surface area contributed by atoms with Gasteiger partial charge < -0.3 is 9.64 Å². The molecule has 1 aliphatic heterocycles. The van der Waals surface area contributed by atoms with Crippen LogP contribution in [0.1, 0.15) is 21.7 Å². The third-order valence-electron chi connectivity index (χ3n) is 5.03.